The molecule has 0 spiro atoms. The summed E-state index contributed by atoms with van der Waals surface area (Å²) < 4.78 is 61.0. The maximum Gasteiger partial charge on any atom is 0.248 e. The van der Waals surface area contributed by atoms with Gasteiger partial charge in [0.25, 0.3) is 0 Å². The normalized spacial score (nSPS) is 10.9. The standard InChI is InChI=1S/C21H12F4N4O2/c1-11(30)29(17-5-3-2-4-13(17)22)21-18(16-6-7-26-10-27-16)20(28-31-21)12-8-14(23)19(25)15(24)9-12/h2-10H,1H3. The van der Waals surface area contributed by atoms with Crippen molar-refractivity contribution in [3.63, 3.8) is 0 Å². The number of benzene rings is 2. The van der Waals surface area contributed by atoms with E-state index < -0.39 is 29.2 Å². The van der Waals surface area contributed by atoms with Gasteiger partial charge >= 0.3 is 0 Å². The zero-order valence-corrected chi connectivity index (χ0v) is 15.8. The van der Waals surface area contributed by atoms with Crippen molar-refractivity contribution >= 4 is 17.5 Å². The molecule has 2 aromatic carbocycles. The molecular formula is C21H12F4N4O2. The zero-order chi connectivity index (χ0) is 22.1. The second-order valence-electron chi connectivity index (χ2n) is 6.37. The van der Waals surface area contributed by atoms with E-state index in [9.17, 15) is 22.4 Å². The number of halogens is 4. The molecule has 0 saturated heterocycles. The van der Waals surface area contributed by atoms with Crippen molar-refractivity contribution in [2.45, 2.75) is 6.92 Å². The van der Waals surface area contributed by atoms with E-state index in [1.54, 1.807) is 0 Å². The van der Waals surface area contributed by atoms with Crippen LogP contribution in [0.3, 0.4) is 0 Å². The summed E-state index contributed by atoms with van der Waals surface area (Å²) in [4.78, 5) is 21.3. The fraction of sp³-hybridized carbons (Fsp3) is 0.0476. The Bertz CT molecular complexity index is 1250. The molecule has 4 rings (SSSR count). The molecule has 0 aliphatic heterocycles. The Hall–Kier alpha value is -4.08. The van der Waals surface area contributed by atoms with Gasteiger partial charge in [-0.2, -0.15) is 0 Å². The van der Waals surface area contributed by atoms with Gasteiger partial charge in [-0.25, -0.2) is 32.4 Å². The minimum Gasteiger partial charge on any atom is -0.336 e. The lowest BCUT2D eigenvalue weighted by atomic mass is 10.0. The largest absolute Gasteiger partial charge is 0.336 e. The Kier molecular flexibility index (Phi) is 5.20. The monoisotopic (exact) mass is 428 g/mol. The van der Waals surface area contributed by atoms with Crippen molar-refractivity contribution in [2.24, 2.45) is 0 Å². The van der Waals surface area contributed by atoms with Crippen LogP contribution in [0.15, 0.2) is 59.5 Å². The maximum absolute atomic E-state index is 14.5. The van der Waals surface area contributed by atoms with Crippen LogP contribution in [-0.4, -0.2) is 21.0 Å². The number of rotatable bonds is 4. The van der Waals surface area contributed by atoms with Crippen molar-refractivity contribution in [1.29, 1.82) is 0 Å². The van der Waals surface area contributed by atoms with Gasteiger partial charge in [-0.1, -0.05) is 17.3 Å². The van der Waals surface area contributed by atoms with Gasteiger partial charge in [-0.3, -0.25) is 4.79 Å². The van der Waals surface area contributed by atoms with Crippen molar-refractivity contribution in [2.75, 3.05) is 4.90 Å². The minimum absolute atomic E-state index is 0.0336. The summed E-state index contributed by atoms with van der Waals surface area (Å²) in [7, 11) is 0. The van der Waals surface area contributed by atoms with Gasteiger partial charge in [0.05, 0.1) is 16.9 Å². The average Bonchev–Trinajstić information content (AvgIpc) is 3.18. The van der Waals surface area contributed by atoms with Crippen molar-refractivity contribution < 1.29 is 26.9 Å². The van der Waals surface area contributed by atoms with Gasteiger partial charge in [0, 0.05) is 18.7 Å². The van der Waals surface area contributed by atoms with Crippen LogP contribution >= 0.6 is 0 Å². The van der Waals surface area contributed by atoms with E-state index >= 15 is 0 Å². The highest BCUT2D eigenvalue weighted by Crippen LogP contribution is 2.42. The van der Waals surface area contributed by atoms with Crippen molar-refractivity contribution in [3.8, 4) is 22.5 Å². The lowest BCUT2D eigenvalue weighted by Gasteiger charge is -2.19. The fourth-order valence-electron chi connectivity index (χ4n) is 3.05. The SMILES string of the molecule is CC(=O)N(c1ccccc1F)c1onc(-c2cc(F)c(F)c(F)c2)c1-c1ccncn1. The molecule has 0 aliphatic rings. The highest BCUT2D eigenvalue weighted by Gasteiger charge is 2.30. The Morgan fingerprint density at radius 3 is 2.32 bits per heavy atom. The van der Waals surface area contributed by atoms with Crippen LogP contribution in [0.1, 0.15) is 6.92 Å². The summed E-state index contributed by atoms with van der Waals surface area (Å²) in [5.41, 5.74) is -0.226. The first-order chi connectivity index (χ1) is 14.9. The van der Waals surface area contributed by atoms with Gasteiger partial charge in [0.2, 0.25) is 11.8 Å². The first-order valence-corrected chi connectivity index (χ1v) is 8.84. The molecule has 0 unspecified atom stereocenters. The molecule has 0 fully saturated rings. The lowest BCUT2D eigenvalue weighted by molar-refractivity contribution is -0.116. The molecule has 4 aromatic rings. The minimum atomic E-state index is -1.65. The number of nitrogens with zero attached hydrogens (tertiary/aromatic N) is 4. The van der Waals surface area contributed by atoms with Crippen LogP contribution in [0.5, 0.6) is 0 Å². The molecule has 31 heavy (non-hydrogen) atoms. The van der Waals surface area contributed by atoms with Crippen molar-refractivity contribution in [3.05, 3.63) is 78.3 Å². The van der Waals surface area contributed by atoms with Gasteiger partial charge in [-0.15, -0.1) is 0 Å². The third-order valence-electron chi connectivity index (χ3n) is 4.38. The van der Waals surface area contributed by atoms with Crippen molar-refractivity contribution in [1.82, 2.24) is 15.1 Å². The van der Waals surface area contributed by atoms with Crippen LogP contribution in [0.4, 0.5) is 29.1 Å². The topological polar surface area (TPSA) is 72.1 Å². The number of carbonyl (C=O) groups is 1. The number of carbonyl (C=O) groups excluding carboxylic acids is 1. The van der Waals surface area contributed by atoms with Gasteiger partial charge < -0.3 is 4.52 Å². The van der Waals surface area contributed by atoms with E-state index in [1.807, 2.05) is 0 Å². The van der Waals surface area contributed by atoms with Crippen LogP contribution < -0.4 is 4.90 Å². The molecule has 0 N–H and O–H groups in total. The molecule has 0 bridgehead atoms. The molecule has 10 heteroatoms. The third-order valence-corrected chi connectivity index (χ3v) is 4.38. The lowest BCUT2D eigenvalue weighted by Crippen LogP contribution is -2.24. The highest BCUT2D eigenvalue weighted by molar-refractivity contribution is 6.03. The summed E-state index contributed by atoms with van der Waals surface area (Å²) in [6.07, 6.45) is 2.58. The Labute approximate surface area is 172 Å². The number of para-hydroxylation sites is 1. The molecule has 156 valence electrons. The molecule has 0 radical (unpaired) electrons. The number of anilines is 2. The quantitative estimate of drug-likeness (QED) is 0.336. The van der Waals surface area contributed by atoms with Crippen LogP contribution in [0.2, 0.25) is 0 Å². The molecule has 0 aliphatic carbocycles. The zero-order valence-electron chi connectivity index (χ0n) is 15.8. The Morgan fingerprint density at radius 2 is 1.71 bits per heavy atom. The first-order valence-electron chi connectivity index (χ1n) is 8.84. The highest BCUT2D eigenvalue weighted by atomic mass is 19.2. The molecule has 0 atom stereocenters. The van der Waals surface area contributed by atoms with Crippen LogP contribution in [0.25, 0.3) is 22.5 Å². The predicted octanol–water partition coefficient (Wildman–Crippen LogP) is 5.04. The Balaban J connectivity index is 2.00. The van der Waals surface area contributed by atoms with Crippen LogP contribution in [0, 0.1) is 23.3 Å². The number of hydrogen-bond donors (Lipinski definition) is 0. The summed E-state index contributed by atoms with van der Waals surface area (Å²) >= 11 is 0. The summed E-state index contributed by atoms with van der Waals surface area (Å²) in [5, 5.41) is 3.83. The maximum atomic E-state index is 14.5. The molecule has 2 aromatic heterocycles. The van der Waals surface area contributed by atoms with E-state index in [0.29, 0.717) is 0 Å². The second-order valence-corrected chi connectivity index (χ2v) is 6.37. The van der Waals surface area contributed by atoms with E-state index in [2.05, 4.69) is 15.1 Å². The second kappa shape index (κ2) is 7.98. The van der Waals surface area contributed by atoms with Crippen LogP contribution in [-0.2, 0) is 4.79 Å². The number of hydrogen-bond acceptors (Lipinski definition) is 5. The van der Waals surface area contributed by atoms with Gasteiger partial charge in [0.15, 0.2) is 17.5 Å². The predicted molar refractivity (Wildman–Crippen MR) is 102 cm³/mol. The molecule has 2 heterocycles. The molecule has 1 amide bonds. The number of aromatic nitrogens is 3. The van der Waals surface area contributed by atoms with Gasteiger partial charge in [0.1, 0.15) is 17.8 Å². The van der Waals surface area contributed by atoms with Gasteiger partial charge in [-0.05, 0) is 30.3 Å². The van der Waals surface area contributed by atoms with E-state index in [0.717, 1.165) is 23.1 Å². The van der Waals surface area contributed by atoms with E-state index in [-0.39, 0.29) is 34.1 Å². The third kappa shape index (κ3) is 3.63. The van der Waals surface area contributed by atoms with E-state index in [4.69, 9.17) is 4.52 Å². The smallest absolute Gasteiger partial charge is 0.248 e. The summed E-state index contributed by atoms with van der Waals surface area (Å²) in [6.45, 7) is 1.18. The average molecular weight is 428 g/mol. The first kappa shape index (κ1) is 20.2. The van der Waals surface area contributed by atoms with E-state index in [1.165, 1.54) is 43.7 Å². The Morgan fingerprint density at radius 1 is 1.00 bits per heavy atom. The fourth-order valence-corrected chi connectivity index (χ4v) is 3.05. The number of amides is 1. The summed E-state index contributed by atoms with van der Waals surface area (Å²) in [6, 6.07) is 8.35. The summed E-state index contributed by atoms with van der Waals surface area (Å²) in [5.74, 6) is -6.11. The molecule has 0 saturated carbocycles. The molecular weight excluding hydrogens is 416 g/mol. The molecule has 6 nitrogen and oxygen atoms in total.